The van der Waals surface area contributed by atoms with Gasteiger partial charge in [0.15, 0.2) is 5.82 Å². The van der Waals surface area contributed by atoms with E-state index in [0.29, 0.717) is 12.6 Å². The summed E-state index contributed by atoms with van der Waals surface area (Å²) in [5.74, 6) is 1.55. The van der Waals surface area contributed by atoms with Crippen LogP contribution in [0.5, 0.6) is 0 Å². The van der Waals surface area contributed by atoms with Gasteiger partial charge in [-0.05, 0) is 32.6 Å². The third kappa shape index (κ3) is 4.62. The van der Waals surface area contributed by atoms with Gasteiger partial charge in [0.2, 0.25) is 0 Å². The summed E-state index contributed by atoms with van der Waals surface area (Å²) in [5, 5.41) is 0. The molecule has 0 amide bonds. The van der Waals surface area contributed by atoms with Crippen LogP contribution < -0.4 is 0 Å². The highest BCUT2D eigenvalue weighted by Crippen LogP contribution is 2.28. The van der Waals surface area contributed by atoms with Crippen LogP contribution in [-0.2, 0) is 17.9 Å². The molecule has 0 aromatic carbocycles. The topological polar surface area (TPSA) is 41.5 Å². The molecule has 2 atom stereocenters. The number of fused-ring (bicyclic) bond motifs is 4. The first-order chi connectivity index (χ1) is 11.6. The van der Waals surface area contributed by atoms with Crippen LogP contribution in [0.1, 0.15) is 38.1 Å². The van der Waals surface area contributed by atoms with E-state index in [2.05, 4.69) is 39.7 Å². The van der Waals surface area contributed by atoms with Crippen molar-refractivity contribution in [1.82, 2.24) is 19.8 Å². The molecule has 3 aliphatic heterocycles. The number of nitrogens with zero attached hydrogens (tertiary/aromatic N) is 4. The van der Waals surface area contributed by atoms with Gasteiger partial charge in [-0.25, -0.2) is 9.97 Å². The molecule has 0 aliphatic carbocycles. The summed E-state index contributed by atoms with van der Waals surface area (Å²) in [5.41, 5.74) is 2.62. The molecule has 0 saturated carbocycles. The van der Waals surface area contributed by atoms with Crippen molar-refractivity contribution in [3.63, 3.8) is 0 Å². The van der Waals surface area contributed by atoms with Gasteiger partial charge in [-0.15, -0.1) is 0 Å². The highest BCUT2D eigenvalue weighted by Gasteiger charge is 2.34. The molecule has 4 rings (SSSR count). The molecule has 2 bridgehead atoms. The number of piperidine rings is 1. The summed E-state index contributed by atoms with van der Waals surface area (Å²) < 4.78 is 5.08. The van der Waals surface area contributed by atoms with Gasteiger partial charge in [-0.2, -0.15) is 0 Å². The molecule has 4 heterocycles. The van der Waals surface area contributed by atoms with Gasteiger partial charge >= 0.3 is 0 Å². The zero-order valence-corrected chi connectivity index (χ0v) is 15.2. The molecule has 3 saturated heterocycles. The minimum absolute atomic E-state index is 0.480. The Bertz CT molecular complexity index is 553. The second kappa shape index (κ2) is 8.19. The molecule has 5 heteroatoms. The Kier molecular flexibility index (Phi) is 5.98. The van der Waals surface area contributed by atoms with Gasteiger partial charge in [0.25, 0.3) is 0 Å². The van der Waals surface area contributed by atoms with Crippen molar-refractivity contribution in [2.24, 2.45) is 5.92 Å². The Morgan fingerprint density at radius 1 is 1.21 bits per heavy atom. The Balaban J connectivity index is 1.60. The highest BCUT2D eigenvalue weighted by atomic mass is 16.5. The molecule has 1 aromatic heterocycles. The number of ether oxygens (including phenoxy) is 1. The van der Waals surface area contributed by atoms with Gasteiger partial charge < -0.3 is 4.74 Å². The van der Waals surface area contributed by atoms with Crippen molar-refractivity contribution in [2.45, 2.75) is 45.9 Å². The fourth-order valence-electron chi connectivity index (χ4n) is 3.85. The minimum Gasteiger partial charge on any atom is -0.377 e. The quantitative estimate of drug-likeness (QED) is 0.750. The van der Waals surface area contributed by atoms with E-state index in [1.165, 1.54) is 37.1 Å². The van der Waals surface area contributed by atoms with E-state index < -0.39 is 0 Å². The first kappa shape index (κ1) is 17.5. The summed E-state index contributed by atoms with van der Waals surface area (Å²) in [4.78, 5) is 14.1. The molecule has 1 aromatic rings. The van der Waals surface area contributed by atoms with Crippen LogP contribution in [0.4, 0.5) is 0 Å². The standard InChI is InChI=1S/C19H30N4O/c1-15(2)6-7-23-12-16-4-5-18(23)13-22(10-16)11-17-8-20-19(14-24-3)21-9-17/h6,8-9,16,18H,4-5,7,10-14H2,1-3H3/t16-,18+/m0/s1. The monoisotopic (exact) mass is 330 g/mol. The molecule has 5 nitrogen and oxygen atoms in total. The average molecular weight is 330 g/mol. The Hall–Kier alpha value is -1.30. The molecule has 24 heavy (non-hydrogen) atoms. The zero-order chi connectivity index (χ0) is 16.9. The van der Waals surface area contributed by atoms with Crippen molar-refractivity contribution in [3.05, 3.63) is 35.4 Å². The number of methoxy groups -OCH3 is 1. The summed E-state index contributed by atoms with van der Waals surface area (Å²) in [6, 6.07) is 0.688. The predicted octanol–water partition coefficient (Wildman–Crippen LogP) is 2.49. The lowest BCUT2D eigenvalue weighted by molar-refractivity contribution is 0.146. The van der Waals surface area contributed by atoms with Crippen LogP contribution in [0.2, 0.25) is 0 Å². The SMILES string of the molecule is COCc1ncc(CN2C[C@@H]3CC[C@H](C2)N(CC=C(C)C)C3)cn1. The predicted molar refractivity (Wildman–Crippen MR) is 95.5 cm³/mol. The smallest absolute Gasteiger partial charge is 0.153 e. The molecule has 0 N–H and O–H groups in total. The van der Waals surface area contributed by atoms with Gasteiger partial charge in [0.05, 0.1) is 0 Å². The first-order valence-corrected chi connectivity index (χ1v) is 9.02. The number of rotatable bonds is 6. The van der Waals surface area contributed by atoms with E-state index in [1.54, 1.807) is 7.11 Å². The third-order valence-corrected chi connectivity index (χ3v) is 5.08. The number of allylic oxidation sites excluding steroid dienone is 1. The largest absolute Gasteiger partial charge is 0.377 e. The maximum absolute atomic E-state index is 5.08. The number of hydrogen-bond acceptors (Lipinski definition) is 5. The summed E-state index contributed by atoms with van der Waals surface area (Å²) in [6.45, 7) is 10.5. The summed E-state index contributed by atoms with van der Waals surface area (Å²) in [7, 11) is 1.67. The lowest BCUT2D eigenvalue weighted by Gasteiger charge is -2.35. The van der Waals surface area contributed by atoms with Crippen molar-refractivity contribution < 1.29 is 4.74 Å². The third-order valence-electron chi connectivity index (χ3n) is 5.08. The summed E-state index contributed by atoms with van der Waals surface area (Å²) >= 11 is 0. The van der Waals surface area contributed by atoms with Crippen molar-refractivity contribution in [3.8, 4) is 0 Å². The van der Waals surface area contributed by atoms with E-state index in [0.717, 1.165) is 31.4 Å². The average Bonchev–Trinajstić information content (AvgIpc) is 2.85. The Labute approximate surface area is 145 Å². The zero-order valence-electron chi connectivity index (χ0n) is 15.2. The fourth-order valence-corrected chi connectivity index (χ4v) is 3.85. The second-order valence-electron chi connectivity index (χ2n) is 7.47. The summed E-state index contributed by atoms with van der Waals surface area (Å²) in [6.07, 6.45) is 8.98. The lowest BCUT2D eigenvalue weighted by atomic mass is 9.95. The Morgan fingerprint density at radius 3 is 2.71 bits per heavy atom. The lowest BCUT2D eigenvalue weighted by Crippen LogP contribution is -2.43. The van der Waals surface area contributed by atoms with Crippen molar-refractivity contribution in [2.75, 3.05) is 33.3 Å². The molecule has 132 valence electrons. The van der Waals surface area contributed by atoms with E-state index in [9.17, 15) is 0 Å². The van der Waals surface area contributed by atoms with Crippen LogP contribution in [-0.4, -0.2) is 59.1 Å². The molecule has 3 fully saturated rings. The molecule has 0 radical (unpaired) electrons. The van der Waals surface area contributed by atoms with Crippen molar-refractivity contribution >= 4 is 0 Å². The normalized spacial score (nSPS) is 24.8. The molecular weight excluding hydrogens is 300 g/mol. The van der Waals surface area contributed by atoms with Gasteiger partial charge in [0, 0.05) is 63.8 Å². The molecule has 0 spiro atoms. The van der Waals surface area contributed by atoms with E-state index in [4.69, 9.17) is 4.74 Å². The molecule has 3 aliphatic rings. The first-order valence-electron chi connectivity index (χ1n) is 9.02. The van der Waals surface area contributed by atoms with Gasteiger partial charge in [0.1, 0.15) is 6.61 Å². The van der Waals surface area contributed by atoms with E-state index in [1.807, 2.05) is 12.4 Å². The number of aromatic nitrogens is 2. The van der Waals surface area contributed by atoms with Gasteiger partial charge in [-0.1, -0.05) is 11.6 Å². The van der Waals surface area contributed by atoms with Crippen molar-refractivity contribution in [1.29, 1.82) is 0 Å². The van der Waals surface area contributed by atoms with Crippen LogP contribution in [0.3, 0.4) is 0 Å². The highest BCUT2D eigenvalue weighted by molar-refractivity contribution is 5.06. The van der Waals surface area contributed by atoms with Gasteiger partial charge in [-0.3, -0.25) is 9.80 Å². The van der Waals surface area contributed by atoms with E-state index >= 15 is 0 Å². The Morgan fingerprint density at radius 2 is 2.00 bits per heavy atom. The molecular formula is C19H30N4O. The maximum Gasteiger partial charge on any atom is 0.153 e. The van der Waals surface area contributed by atoms with Crippen LogP contribution in [0, 0.1) is 5.92 Å². The fraction of sp³-hybridized carbons (Fsp3) is 0.684. The number of hydrogen-bond donors (Lipinski definition) is 0. The second-order valence-corrected chi connectivity index (χ2v) is 7.47. The molecule has 0 unspecified atom stereocenters. The minimum atomic E-state index is 0.480. The van der Waals surface area contributed by atoms with Crippen LogP contribution >= 0.6 is 0 Å². The maximum atomic E-state index is 5.08. The van der Waals surface area contributed by atoms with E-state index in [-0.39, 0.29) is 0 Å². The van der Waals surface area contributed by atoms with Crippen LogP contribution in [0.25, 0.3) is 0 Å². The van der Waals surface area contributed by atoms with Crippen LogP contribution in [0.15, 0.2) is 24.0 Å².